The van der Waals surface area contributed by atoms with Gasteiger partial charge in [-0.15, -0.1) is 0 Å². The lowest BCUT2D eigenvalue weighted by molar-refractivity contribution is 0.240. The number of aliphatic hydroxyl groups is 2. The van der Waals surface area contributed by atoms with Gasteiger partial charge in [-0.2, -0.15) is 0 Å². The maximum atomic E-state index is 9.15. The van der Waals surface area contributed by atoms with Crippen LogP contribution in [0.1, 0.15) is 22.7 Å². The summed E-state index contributed by atoms with van der Waals surface area (Å²) in [6.07, 6.45) is 0.972. The summed E-state index contributed by atoms with van der Waals surface area (Å²) < 4.78 is 0. The number of fused-ring (bicyclic) bond motifs is 1. The Morgan fingerprint density at radius 2 is 2.21 bits per heavy atom. The number of aliphatic hydroxyl groups excluding tert-OH is 2. The predicted molar refractivity (Wildman–Crippen MR) is 53.9 cm³/mol. The van der Waals surface area contributed by atoms with E-state index in [4.69, 9.17) is 10.2 Å². The molecule has 14 heavy (non-hydrogen) atoms. The van der Waals surface area contributed by atoms with E-state index in [9.17, 15) is 0 Å². The quantitative estimate of drug-likeness (QED) is 0.635. The van der Waals surface area contributed by atoms with Crippen molar-refractivity contribution >= 4 is 0 Å². The third kappa shape index (κ3) is 1.66. The monoisotopic (exact) mass is 193 g/mol. The van der Waals surface area contributed by atoms with E-state index >= 15 is 0 Å². The zero-order valence-electron chi connectivity index (χ0n) is 8.03. The Kier molecular flexibility index (Phi) is 2.82. The van der Waals surface area contributed by atoms with Crippen molar-refractivity contribution in [3.8, 4) is 0 Å². The van der Waals surface area contributed by atoms with Crippen molar-refractivity contribution in [2.45, 2.75) is 19.1 Å². The molecule has 1 atom stereocenters. The first kappa shape index (κ1) is 9.65. The van der Waals surface area contributed by atoms with E-state index in [1.165, 1.54) is 5.56 Å². The molecule has 0 aromatic heterocycles. The maximum Gasteiger partial charge on any atom is 0.0681 e. The van der Waals surface area contributed by atoms with Gasteiger partial charge in [0.15, 0.2) is 0 Å². The normalized spacial score (nSPS) is 20.6. The fourth-order valence-corrected chi connectivity index (χ4v) is 1.97. The van der Waals surface area contributed by atoms with Crippen LogP contribution in [0, 0.1) is 0 Å². The number of nitrogens with one attached hydrogen (secondary N) is 1. The van der Waals surface area contributed by atoms with Gasteiger partial charge in [-0.05, 0) is 29.7 Å². The minimum Gasteiger partial charge on any atom is -0.394 e. The predicted octanol–water partition coefficient (Wildman–Crippen LogP) is 0.358. The van der Waals surface area contributed by atoms with Crippen molar-refractivity contribution in [1.82, 2.24) is 5.32 Å². The van der Waals surface area contributed by atoms with E-state index in [0.717, 1.165) is 24.1 Å². The number of benzene rings is 1. The molecule has 0 amide bonds. The lowest BCUT2D eigenvalue weighted by atomic mass is 9.93. The fourth-order valence-electron chi connectivity index (χ4n) is 1.97. The molecule has 1 aromatic rings. The van der Waals surface area contributed by atoms with Crippen molar-refractivity contribution in [3.63, 3.8) is 0 Å². The van der Waals surface area contributed by atoms with Crippen LogP contribution >= 0.6 is 0 Å². The molecule has 0 aliphatic carbocycles. The van der Waals surface area contributed by atoms with E-state index in [-0.39, 0.29) is 19.3 Å². The number of hydrogen-bond donors (Lipinski definition) is 3. The highest BCUT2D eigenvalue weighted by atomic mass is 16.3. The molecular weight excluding hydrogens is 178 g/mol. The van der Waals surface area contributed by atoms with E-state index in [2.05, 4.69) is 5.32 Å². The average Bonchev–Trinajstić information content (AvgIpc) is 2.27. The van der Waals surface area contributed by atoms with Crippen LogP contribution in [-0.2, 0) is 13.0 Å². The standard InChI is InChI=1S/C11H15NO2/c13-6-8-1-2-10-9(5-8)3-4-12-11(10)7-14/h1-2,5,11-14H,3-4,6-7H2/t11-/m1/s1. The average molecular weight is 193 g/mol. The Balaban J connectivity index is 2.35. The zero-order chi connectivity index (χ0) is 9.97. The van der Waals surface area contributed by atoms with Gasteiger partial charge >= 0.3 is 0 Å². The minimum absolute atomic E-state index is 0.0616. The van der Waals surface area contributed by atoms with E-state index < -0.39 is 0 Å². The summed E-state index contributed by atoms with van der Waals surface area (Å²) in [6, 6.07) is 5.99. The lowest BCUT2D eigenvalue weighted by Gasteiger charge is -2.25. The Morgan fingerprint density at radius 1 is 1.36 bits per heavy atom. The van der Waals surface area contributed by atoms with E-state index in [0.29, 0.717) is 0 Å². The SMILES string of the molecule is OCc1ccc2c(c1)CCN[C@@H]2CO. The second-order valence-corrected chi connectivity index (χ2v) is 3.63. The molecule has 1 aliphatic heterocycles. The summed E-state index contributed by atoms with van der Waals surface area (Å²) in [4.78, 5) is 0. The zero-order valence-corrected chi connectivity index (χ0v) is 8.03. The molecule has 0 unspecified atom stereocenters. The highest BCUT2D eigenvalue weighted by Crippen LogP contribution is 2.23. The van der Waals surface area contributed by atoms with Crippen LogP contribution in [0.4, 0.5) is 0 Å². The van der Waals surface area contributed by atoms with Gasteiger partial charge in [0.25, 0.3) is 0 Å². The van der Waals surface area contributed by atoms with Gasteiger partial charge in [-0.1, -0.05) is 18.2 Å². The smallest absolute Gasteiger partial charge is 0.0681 e. The Bertz CT molecular complexity index is 325. The van der Waals surface area contributed by atoms with Gasteiger partial charge in [0.05, 0.1) is 19.3 Å². The molecule has 1 aliphatic rings. The first-order valence-corrected chi connectivity index (χ1v) is 4.92. The van der Waals surface area contributed by atoms with Gasteiger partial charge in [-0.25, -0.2) is 0 Å². The maximum absolute atomic E-state index is 9.15. The molecule has 1 aromatic carbocycles. The van der Waals surface area contributed by atoms with Crippen molar-refractivity contribution < 1.29 is 10.2 Å². The molecule has 0 saturated heterocycles. The second kappa shape index (κ2) is 4.09. The highest BCUT2D eigenvalue weighted by molar-refractivity contribution is 5.36. The molecule has 0 fully saturated rings. The Hall–Kier alpha value is -0.900. The third-order valence-electron chi connectivity index (χ3n) is 2.73. The Morgan fingerprint density at radius 3 is 2.93 bits per heavy atom. The fraction of sp³-hybridized carbons (Fsp3) is 0.455. The molecule has 3 heteroatoms. The molecule has 3 nitrogen and oxygen atoms in total. The molecule has 0 radical (unpaired) electrons. The van der Waals surface area contributed by atoms with Gasteiger partial charge in [0, 0.05) is 0 Å². The summed E-state index contributed by atoms with van der Waals surface area (Å²) in [5, 5.41) is 21.4. The third-order valence-corrected chi connectivity index (χ3v) is 2.73. The van der Waals surface area contributed by atoms with E-state index in [1.54, 1.807) is 0 Å². The first-order chi connectivity index (χ1) is 6.85. The van der Waals surface area contributed by atoms with E-state index in [1.807, 2.05) is 18.2 Å². The molecule has 2 rings (SSSR count). The summed E-state index contributed by atoms with van der Waals surface area (Å²) in [6.45, 7) is 1.11. The van der Waals surface area contributed by atoms with Crippen LogP contribution in [0.5, 0.6) is 0 Å². The first-order valence-electron chi connectivity index (χ1n) is 4.92. The molecule has 0 spiro atoms. The van der Waals surface area contributed by atoms with Crippen LogP contribution in [0.2, 0.25) is 0 Å². The number of hydrogen-bond acceptors (Lipinski definition) is 3. The summed E-state index contributed by atoms with van der Waals surface area (Å²) >= 11 is 0. The van der Waals surface area contributed by atoms with Crippen molar-refractivity contribution in [1.29, 1.82) is 0 Å². The van der Waals surface area contributed by atoms with Crippen molar-refractivity contribution in [3.05, 3.63) is 34.9 Å². The summed E-state index contributed by atoms with van der Waals surface area (Å²) in [5.74, 6) is 0. The molecular formula is C11H15NO2. The minimum atomic E-state index is 0.0616. The van der Waals surface area contributed by atoms with Gasteiger partial charge in [0.2, 0.25) is 0 Å². The summed E-state index contributed by atoms with van der Waals surface area (Å²) in [7, 11) is 0. The van der Waals surface area contributed by atoms with Gasteiger partial charge < -0.3 is 15.5 Å². The Labute approximate surface area is 83.4 Å². The number of rotatable bonds is 2. The highest BCUT2D eigenvalue weighted by Gasteiger charge is 2.18. The van der Waals surface area contributed by atoms with Gasteiger partial charge in [-0.3, -0.25) is 0 Å². The van der Waals surface area contributed by atoms with Crippen molar-refractivity contribution in [2.24, 2.45) is 0 Å². The van der Waals surface area contributed by atoms with Crippen LogP contribution < -0.4 is 5.32 Å². The molecule has 0 saturated carbocycles. The molecule has 1 heterocycles. The van der Waals surface area contributed by atoms with Crippen molar-refractivity contribution in [2.75, 3.05) is 13.2 Å². The van der Waals surface area contributed by atoms with Crippen LogP contribution in [0.25, 0.3) is 0 Å². The van der Waals surface area contributed by atoms with Crippen LogP contribution in [0.3, 0.4) is 0 Å². The summed E-state index contributed by atoms with van der Waals surface area (Å²) in [5.41, 5.74) is 3.35. The molecule has 3 N–H and O–H groups in total. The second-order valence-electron chi connectivity index (χ2n) is 3.63. The lowest BCUT2D eigenvalue weighted by Crippen LogP contribution is -2.32. The molecule has 0 bridgehead atoms. The largest absolute Gasteiger partial charge is 0.394 e. The van der Waals surface area contributed by atoms with Crippen LogP contribution in [-0.4, -0.2) is 23.4 Å². The van der Waals surface area contributed by atoms with Crippen LogP contribution in [0.15, 0.2) is 18.2 Å². The van der Waals surface area contributed by atoms with Gasteiger partial charge in [0.1, 0.15) is 0 Å². The molecule has 76 valence electrons. The topological polar surface area (TPSA) is 52.5 Å².